The van der Waals surface area contributed by atoms with Gasteiger partial charge in [-0.15, -0.1) is 0 Å². The van der Waals surface area contributed by atoms with Crippen molar-refractivity contribution in [3.63, 3.8) is 0 Å². The molecular formula is C17H18N4O2S. The molecule has 0 radical (unpaired) electrons. The molecule has 0 aliphatic carbocycles. The zero-order valence-corrected chi connectivity index (χ0v) is 14.3. The molecule has 1 heterocycles. The third-order valence-electron chi connectivity index (χ3n) is 3.84. The smallest absolute Gasteiger partial charge is 0.270 e. The number of benzene rings is 2. The Labute approximate surface area is 143 Å². The third kappa shape index (κ3) is 3.52. The Balaban J connectivity index is 1.77. The Hall–Kier alpha value is -2.51. The lowest BCUT2D eigenvalue weighted by Crippen LogP contribution is -2.26. The molecule has 2 aromatic carbocycles. The van der Waals surface area contributed by atoms with E-state index in [1.165, 1.54) is 23.0 Å². The highest BCUT2D eigenvalue weighted by Gasteiger charge is 2.15. The van der Waals surface area contributed by atoms with E-state index in [0.717, 1.165) is 15.3 Å². The van der Waals surface area contributed by atoms with Crippen LogP contribution in [0.2, 0.25) is 0 Å². The van der Waals surface area contributed by atoms with Crippen molar-refractivity contribution in [1.82, 2.24) is 9.88 Å². The number of anilines is 1. The van der Waals surface area contributed by atoms with Gasteiger partial charge in [0.15, 0.2) is 5.13 Å². The largest absolute Gasteiger partial charge is 0.360 e. The maximum atomic E-state index is 10.9. The van der Waals surface area contributed by atoms with E-state index in [9.17, 15) is 10.1 Å². The van der Waals surface area contributed by atoms with Crippen molar-refractivity contribution in [2.24, 2.45) is 0 Å². The summed E-state index contributed by atoms with van der Waals surface area (Å²) in [6, 6.07) is 15.2. The van der Waals surface area contributed by atoms with Crippen molar-refractivity contribution >= 4 is 32.4 Å². The van der Waals surface area contributed by atoms with Crippen LogP contribution >= 0.6 is 11.3 Å². The molecule has 124 valence electrons. The SMILES string of the molecule is CN(C)C(CNc1nc2ccc([N+](=O)[O-])cc2s1)c1ccccc1. The van der Waals surface area contributed by atoms with Crippen LogP contribution in [-0.4, -0.2) is 35.4 Å². The highest BCUT2D eigenvalue weighted by Crippen LogP contribution is 2.29. The number of hydrogen-bond acceptors (Lipinski definition) is 6. The highest BCUT2D eigenvalue weighted by molar-refractivity contribution is 7.22. The molecule has 1 atom stereocenters. The number of aromatic nitrogens is 1. The van der Waals surface area contributed by atoms with Gasteiger partial charge in [0, 0.05) is 18.7 Å². The Morgan fingerprint density at radius 3 is 2.67 bits per heavy atom. The van der Waals surface area contributed by atoms with Gasteiger partial charge in [-0.3, -0.25) is 10.1 Å². The number of hydrogen-bond donors (Lipinski definition) is 1. The molecule has 0 aliphatic heterocycles. The normalized spacial score (nSPS) is 12.5. The molecule has 1 unspecified atom stereocenters. The number of nitrogens with zero attached hydrogens (tertiary/aromatic N) is 3. The van der Waals surface area contributed by atoms with Crippen molar-refractivity contribution in [2.75, 3.05) is 26.0 Å². The molecule has 0 spiro atoms. The molecule has 1 aromatic heterocycles. The summed E-state index contributed by atoms with van der Waals surface area (Å²) in [6.45, 7) is 0.707. The molecule has 0 amide bonds. The Bertz CT molecular complexity index is 848. The Kier molecular flexibility index (Phi) is 4.73. The van der Waals surface area contributed by atoms with E-state index in [0.29, 0.717) is 6.54 Å². The molecule has 6 nitrogen and oxygen atoms in total. The van der Waals surface area contributed by atoms with E-state index in [4.69, 9.17) is 0 Å². The summed E-state index contributed by atoms with van der Waals surface area (Å²) < 4.78 is 0.813. The minimum atomic E-state index is -0.385. The number of rotatable bonds is 6. The fourth-order valence-electron chi connectivity index (χ4n) is 2.56. The highest BCUT2D eigenvalue weighted by atomic mass is 32.1. The van der Waals surface area contributed by atoms with Crippen LogP contribution in [-0.2, 0) is 0 Å². The van der Waals surface area contributed by atoms with Gasteiger partial charge >= 0.3 is 0 Å². The number of fused-ring (bicyclic) bond motifs is 1. The molecule has 0 fully saturated rings. The van der Waals surface area contributed by atoms with E-state index >= 15 is 0 Å². The van der Waals surface area contributed by atoms with Crippen LogP contribution in [0.15, 0.2) is 48.5 Å². The third-order valence-corrected chi connectivity index (χ3v) is 4.81. The molecule has 24 heavy (non-hydrogen) atoms. The molecule has 0 bridgehead atoms. The minimum Gasteiger partial charge on any atom is -0.360 e. The molecule has 0 saturated heterocycles. The lowest BCUT2D eigenvalue weighted by molar-refractivity contribution is -0.384. The number of likely N-dealkylation sites (N-methyl/N-ethyl adjacent to an activating group) is 1. The number of non-ortho nitro benzene ring substituents is 1. The summed E-state index contributed by atoms with van der Waals surface area (Å²) in [5, 5.41) is 15.0. The van der Waals surface area contributed by atoms with E-state index in [-0.39, 0.29) is 16.7 Å². The number of nitro benzene ring substituents is 1. The zero-order chi connectivity index (χ0) is 17.1. The topological polar surface area (TPSA) is 71.3 Å². The summed E-state index contributed by atoms with van der Waals surface area (Å²) in [5.74, 6) is 0. The van der Waals surface area contributed by atoms with Gasteiger partial charge < -0.3 is 10.2 Å². The van der Waals surface area contributed by atoms with Gasteiger partial charge in [0.2, 0.25) is 0 Å². The first-order valence-corrected chi connectivity index (χ1v) is 8.36. The predicted molar refractivity (Wildman–Crippen MR) is 97.6 cm³/mol. The van der Waals surface area contributed by atoms with E-state index < -0.39 is 0 Å². The van der Waals surface area contributed by atoms with Crippen LogP contribution in [0.3, 0.4) is 0 Å². The van der Waals surface area contributed by atoms with Gasteiger partial charge in [0.25, 0.3) is 5.69 Å². The standard InChI is InChI=1S/C17H18N4O2S/c1-20(2)15(12-6-4-3-5-7-12)11-18-17-19-14-9-8-13(21(22)23)10-16(14)24-17/h3-10,15H,11H2,1-2H3,(H,18,19). The fourth-order valence-corrected chi connectivity index (χ4v) is 3.47. The van der Waals surface area contributed by atoms with Crippen LogP contribution in [0.25, 0.3) is 10.2 Å². The van der Waals surface area contributed by atoms with Crippen LogP contribution < -0.4 is 5.32 Å². The van der Waals surface area contributed by atoms with Crippen molar-refractivity contribution in [1.29, 1.82) is 0 Å². The van der Waals surface area contributed by atoms with Gasteiger partial charge in [-0.2, -0.15) is 0 Å². The molecule has 3 aromatic rings. The first kappa shape index (κ1) is 16.4. The lowest BCUT2D eigenvalue weighted by Gasteiger charge is -2.24. The fraction of sp³-hybridized carbons (Fsp3) is 0.235. The monoisotopic (exact) mass is 342 g/mol. The summed E-state index contributed by atoms with van der Waals surface area (Å²) >= 11 is 1.43. The minimum absolute atomic E-state index is 0.0909. The second-order valence-corrected chi connectivity index (χ2v) is 6.73. The van der Waals surface area contributed by atoms with Gasteiger partial charge in [0.1, 0.15) is 0 Å². The molecule has 1 N–H and O–H groups in total. The van der Waals surface area contributed by atoms with Crippen LogP contribution in [0.1, 0.15) is 11.6 Å². The average Bonchev–Trinajstić information content (AvgIpc) is 2.97. The van der Waals surface area contributed by atoms with Gasteiger partial charge in [0.05, 0.1) is 21.2 Å². The van der Waals surface area contributed by atoms with Crippen molar-refractivity contribution in [3.8, 4) is 0 Å². The van der Waals surface area contributed by atoms with Crippen molar-refractivity contribution < 1.29 is 4.92 Å². The first-order chi connectivity index (χ1) is 11.5. The summed E-state index contributed by atoms with van der Waals surface area (Å²) in [5.41, 5.74) is 2.09. The predicted octanol–water partition coefficient (Wildman–Crippen LogP) is 3.92. The summed E-state index contributed by atoms with van der Waals surface area (Å²) in [6.07, 6.45) is 0. The number of nitrogens with one attached hydrogen (secondary N) is 1. The average molecular weight is 342 g/mol. The summed E-state index contributed by atoms with van der Waals surface area (Å²) in [7, 11) is 4.09. The van der Waals surface area contributed by atoms with Gasteiger partial charge in [-0.1, -0.05) is 41.7 Å². The Morgan fingerprint density at radius 1 is 1.25 bits per heavy atom. The van der Waals surface area contributed by atoms with E-state index in [1.54, 1.807) is 12.1 Å². The van der Waals surface area contributed by atoms with E-state index in [2.05, 4.69) is 27.3 Å². The quantitative estimate of drug-likeness (QED) is 0.543. The maximum absolute atomic E-state index is 10.9. The molecule has 0 aliphatic rings. The second-order valence-electron chi connectivity index (χ2n) is 5.70. The zero-order valence-electron chi connectivity index (χ0n) is 13.5. The van der Waals surface area contributed by atoms with Crippen molar-refractivity contribution in [3.05, 3.63) is 64.2 Å². The molecular weight excluding hydrogens is 324 g/mol. The van der Waals surface area contributed by atoms with Crippen LogP contribution in [0.4, 0.5) is 10.8 Å². The van der Waals surface area contributed by atoms with Crippen LogP contribution in [0.5, 0.6) is 0 Å². The number of nitro groups is 1. The Morgan fingerprint density at radius 2 is 2.00 bits per heavy atom. The maximum Gasteiger partial charge on any atom is 0.270 e. The number of thiazole rings is 1. The van der Waals surface area contributed by atoms with Crippen molar-refractivity contribution in [2.45, 2.75) is 6.04 Å². The molecule has 0 saturated carbocycles. The lowest BCUT2D eigenvalue weighted by atomic mass is 10.1. The summed E-state index contributed by atoms with van der Waals surface area (Å²) in [4.78, 5) is 17.1. The van der Waals surface area contributed by atoms with Gasteiger partial charge in [-0.05, 0) is 25.7 Å². The second kappa shape index (κ2) is 6.94. The molecule has 7 heteroatoms. The first-order valence-electron chi connectivity index (χ1n) is 7.55. The van der Waals surface area contributed by atoms with Crippen LogP contribution in [0, 0.1) is 10.1 Å². The van der Waals surface area contributed by atoms with Gasteiger partial charge in [-0.25, -0.2) is 4.98 Å². The van der Waals surface area contributed by atoms with E-state index in [1.807, 2.05) is 32.3 Å². The molecule has 3 rings (SSSR count).